The second kappa shape index (κ2) is 10.4. The molecule has 2 N–H and O–H groups in total. The molecule has 164 valence electrons. The highest BCUT2D eigenvalue weighted by Crippen LogP contribution is 2.24. The number of amides is 1. The fourth-order valence-electron chi connectivity index (χ4n) is 3.94. The van der Waals surface area contributed by atoms with E-state index >= 15 is 0 Å². The number of hydrogen-bond acceptors (Lipinski definition) is 5. The Balaban J connectivity index is 1.64. The van der Waals surface area contributed by atoms with E-state index in [1.807, 2.05) is 31.2 Å². The van der Waals surface area contributed by atoms with E-state index < -0.39 is 0 Å². The summed E-state index contributed by atoms with van der Waals surface area (Å²) in [7, 11) is 1.43. The smallest absolute Gasteiger partial charge is 0.310 e. The first-order valence-electron chi connectivity index (χ1n) is 10.6. The van der Waals surface area contributed by atoms with Crippen LogP contribution in [-0.2, 0) is 25.6 Å². The Morgan fingerprint density at radius 1 is 1.33 bits per heavy atom. The van der Waals surface area contributed by atoms with E-state index in [1.54, 1.807) is 0 Å². The summed E-state index contributed by atoms with van der Waals surface area (Å²) in [6.07, 6.45) is 1.33. The van der Waals surface area contributed by atoms with E-state index in [-0.39, 0.29) is 29.8 Å². The highest BCUT2D eigenvalue weighted by atomic mass is 16.5. The van der Waals surface area contributed by atoms with Crippen molar-refractivity contribution in [1.29, 1.82) is 0 Å². The summed E-state index contributed by atoms with van der Waals surface area (Å²) in [6, 6.07) is 7.70. The maximum Gasteiger partial charge on any atom is 0.310 e. The zero-order valence-electron chi connectivity index (χ0n) is 18.0. The number of rotatable bonds is 6. The number of aliphatic imine (C=N–C) groups is 1. The summed E-state index contributed by atoms with van der Waals surface area (Å²) in [5, 5.41) is 6.25. The number of esters is 1. The first-order valence-corrected chi connectivity index (χ1v) is 10.6. The molecule has 2 aliphatic rings. The summed E-state index contributed by atoms with van der Waals surface area (Å²) >= 11 is 0. The number of carbonyl (C=O) groups is 2. The lowest BCUT2D eigenvalue weighted by Gasteiger charge is -2.21. The number of nitrogens with one attached hydrogen (secondary N) is 2. The van der Waals surface area contributed by atoms with Crippen LogP contribution in [0.15, 0.2) is 29.3 Å². The fourth-order valence-corrected chi connectivity index (χ4v) is 3.94. The molecule has 8 nitrogen and oxygen atoms in total. The Hall–Kier alpha value is -2.61. The standard InChI is InChI=1S/C22H32N4O4/c1-4-23-22(26-13-15(2)18(14-26)21(28)29-3)24-12-16-7-5-8-17(11-16)25-20(27)19-9-6-10-30-19/h5,7-8,11,15,18-19H,4,6,9-10,12-14H2,1-3H3,(H,23,24)(H,25,27). The molecule has 1 amide bonds. The molecule has 1 aromatic rings. The third kappa shape index (κ3) is 5.50. The topological polar surface area (TPSA) is 92.3 Å². The van der Waals surface area contributed by atoms with Gasteiger partial charge in [0, 0.05) is 31.9 Å². The van der Waals surface area contributed by atoms with Gasteiger partial charge >= 0.3 is 5.97 Å². The molecule has 3 unspecified atom stereocenters. The molecule has 1 aromatic carbocycles. The number of ether oxygens (including phenoxy) is 2. The normalized spacial score (nSPS) is 24.0. The van der Waals surface area contributed by atoms with Crippen molar-refractivity contribution in [2.45, 2.75) is 39.3 Å². The number of carbonyl (C=O) groups excluding carboxylic acids is 2. The fraction of sp³-hybridized carbons (Fsp3) is 0.591. The minimum absolute atomic E-state index is 0.0959. The molecule has 2 fully saturated rings. The predicted octanol–water partition coefficient (Wildman–Crippen LogP) is 2.01. The molecule has 0 bridgehead atoms. The van der Waals surface area contributed by atoms with Crippen molar-refractivity contribution in [3.8, 4) is 0 Å². The second-order valence-electron chi connectivity index (χ2n) is 7.87. The number of hydrogen-bond donors (Lipinski definition) is 2. The van der Waals surface area contributed by atoms with Gasteiger partial charge in [-0.05, 0) is 43.4 Å². The van der Waals surface area contributed by atoms with Crippen LogP contribution < -0.4 is 10.6 Å². The molecule has 0 spiro atoms. The Labute approximate surface area is 178 Å². The van der Waals surface area contributed by atoms with E-state index in [4.69, 9.17) is 14.5 Å². The number of methoxy groups -OCH3 is 1. The molecule has 3 atom stereocenters. The maximum atomic E-state index is 12.3. The lowest BCUT2D eigenvalue weighted by Crippen LogP contribution is -2.40. The quantitative estimate of drug-likeness (QED) is 0.419. The van der Waals surface area contributed by atoms with E-state index in [0.717, 1.165) is 43.1 Å². The minimum atomic E-state index is -0.355. The molecular weight excluding hydrogens is 384 g/mol. The monoisotopic (exact) mass is 416 g/mol. The van der Waals surface area contributed by atoms with E-state index in [1.165, 1.54) is 7.11 Å². The lowest BCUT2D eigenvalue weighted by molar-refractivity contribution is -0.146. The highest BCUT2D eigenvalue weighted by molar-refractivity contribution is 5.94. The molecule has 2 saturated heterocycles. The van der Waals surface area contributed by atoms with Gasteiger partial charge in [0.05, 0.1) is 19.6 Å². The minimum Gasteiger partial charge on any atom is -0.469 e. The first kappa shape index (κ1) is 22.1. The van der Waals surface area contributed by atoms with Crippen LogP contribution in [0.1, 0.15) is 32.3 Å². The van der Waals surface area contributed by atoms with E-state index in [0.29, 0.717) is 19.7 Å². The zero-order chi connectivity index (χ0) is 21.5. The molecule has 2 heterocycles. The van der Waals surface area contributed by atoms with Crippen LogP contribution in [0.4, 0.5) is 5.69 Å². The van der Waals surface area contributed by atoms with Crippen molar-refractivity contribution in [2.75, 3.05) is 38.7 Å². The van der Waals surface area contributed by atoms with Gasteiger partial charge in [-0.2, -0.15) is 0 Å². The SMILES string of the molecule is CCNC(=NCc1cccc(NC(=O)C2CCCO2)c1)N1CC(C)C(C(=O)OC)C1. The van der Waals surface area contributed by atoms with Gasteiger partial charge in [-0.3, -0.25) is 9.59 Å². The average molecular weight is 417 g/mol. The average Bonchev–Trinajstić information content (AvgIpc) is 3.41. The van der Waals surface area contributed by atoms with Gasteiger partial charge in [-0.25, -0.2) is 4.99 Å². The van der Waals surface area contributed by atoms with Crippen LogP contribution >= 0.6 is 0 Å². The summed E-state index contributed by atoms with van der Waals surface area (Å²) < 4.78 is 10.4. The molecule has 3 rings (SSSR count). The Bertz CT molecular complexity index is 776. The molecule has 0 aliphatic carbocycles. The van der Waals surface area contributed by atoms with Crippen LogP contribution in [-0.4, -0.2) is 62.2 Å². The number of nitrogens with zero attached hydrogens (tertiary/aromatic N) is 2. The zero-order valence-corrected chi connectivity index (χ0v) is 18.0. The third-order valence-corrected chi connectivity index (χ3v) is 5.58. The van der Waals surface area contributed by atoms with Gasteiger partial charge in [-0.15, -0.1) is 0 Å². The highest BCUT2D eigenvalue weighted by Gasteiger charge is 2.36. The van der Waals surface area contributed by atoms with Crippen LogP contribution in [0, 0.1) is 11.8 Å². The summed E-state index contributed by atoms with van der Waals surface area (Å²) in [4.78, 5) is 31.1. The van der Waals surface area contributed by atoms with Gasteiger partial charge in [0.15, 0.2) is 5.96 Å². The number of likely N-dealkylation sites (tertiary alicyclic amines) is 1. The molecule has 0 saturated carbocycles. The van der Waals surface area contributed by atoms with Crippen molar-refractivity contribution in [3.05, 3.63) is 29.8 Å². The molecule has 0 aromatic heterocycles. The Morgan fingerprint density at radius 3 is 2.87 bits per heavy atom. The summed E-state index contributed by atoms with van der Waals surface area (Å²) in [6.45, 7) is 7.29. The van der Waals surface area contributed by atoms with Crippen molar-refractivity contribution in [2.24, 2.45) is 16.8 Å². The Kier molecular flexibility index (Phi) is 7.68. The van der Waals surface area contributed by atoms with Gasteiger partial charge in [0.25, 0.3) is 5.91 Å². The second-order valence-corrected chi connectivity index (χ2v) is 7.87. The molecule has 30 heavy (non-hydrogen) atoms. The van der Waals surface area contributed by atoms with Crippen LogP contribution in [0.25, 0.3) is 0 Å². The maximum absolute atomic E-state index is 12.3. The van der Waals surface area contributed by atoms with Crippen LogP contribution in [0.2, 0.25) is 0 Å². The molecule has 2 aliphatic heterocycles. The molecule has 8 heteroatoms. The summed E-state index contributed by atoms with van der Waals surface area (Å²) in [5.74, 6) is 0.578. The van der Waals surface area contributed by atoms with Gasteiger partial charge in [-0.1, -0.05) is 19.1 Å². The van der Waals surface area contributed by atoms with Crippen molar-refractivity contribution in [3.63, 3.8) is 0 Å². The molecule has 0 radical (unpaired) electrons. The largest absolute Gasteiger partial charge is 0.469 e. The van der Waals surface area contributed by atoms with Crippen molar-refractivity contribution < 1.29 is 19.1 Å². The van der Waals surface area contributed by atoms with Gasteiger partial charge in [0.1, 0.15) is 6.10 Å². The molecular formula is C22H32N4O4. The number of benzene rings is 1. The van der Waals surface area contributed by atoms with Gasteiger partial charge in [0.2, 0.25) is 0 Å². The van der Waals surface area contributed by atoms with E-state index in [9.17, 15) is 9.59 Å². The predicted molar refractivity (Wildman–Crippen MR) is 115 cm³/mol. The Morgan fingerprint density at radius 2 is 2.17 bits per heavy atom. The lowest BCUT2D eigenvalue weighted by atomic mass is 9.99. The summed E-state index contributed by atoms with van der Waals surface area (Å²) in [5.41, 5.74) is 1.74. The van der Waals surface area contributed by atoms with Gasteiger partial charge < -0.3 is 25.0 Å². The van der Waals surface area contributed by atoms with Crippen LogP contribution in [0.3, 0.4) is 0 Å². The third-order valence-electron chi connectivity index (χ3n) is 5.58. The number of anilines is 1. The van der Waals surface area contributed by atoms with E-state index in [2.05, 4.69) is 22.5 Å². The van der Waals surface area contributed by atoms with Crippen LogP contribution in [0.5, 0.6) is 0 Å². The van der Waals surface area contributed by atoms with Crippen molar-refractivity contribution >= 4 is 23.5 Å². The first-order chi connectivity index (χ1) is 14.5. The number of guanidine groups is 1. The van der Waals surface area contributed by atoms with Crippen molar-refractivity contribution in [1.82, 2.24) is 10.2 Å².